The standard InChI is InChI=1S/C26H28ClF2N7OS/c1-35(2)8-3-9-37-26-33-21-16(24(34-26)36-12-13-4-5-14(36)11-31-13)10-17(27)19(20(21)29)15-6-7-18(28)23-22(15)32-25(30)38-23/h6-7,10,13-14,31H,3-5,8-9,11-12H2,1-2H3,(H2,30,32). The molecule has 2 atom stereocenters. The number of nitrogens with one attached hydrogen (secondary N) is 1. The number of fused-ring (bicyclic) bond motifs is 5. The second kappa shape index (κ2) is 10.0. The molecule has 0 amide bonds. The predicted molar refractivity (Wildman–Crippen MR) is 148 cm³/mol. The summed E-state index contributed by atoms with van der Waals surface area (Å²) in [5.41, 5.74) is 6.69. The molecule has 2 aromatic carbocycles. The third-order valence-electron chi connectivity index (χ3n) is 7.22. The molecule has 0 saturated carbocycles. The fourth-order valence-corrected chi connectivity index (χ4v) is 6.45. The summed E-state index contributed by atoms with van der Waals surface area (Å²) in [6, 6.07) is 5.14. The van der Waals surface area contributed by atoms with Gasteiger partial charge >= 0.3 is 6.01 Å². The van der Waals surface area contributed by atoms with E-state index >= 15 is 4.39 Å². The highest BCUT2D eigenvalue weighted by molar-refractivity contribution is 7.22. The van der Waals surface area contributed by atoms with Gasteiger partial charge in [0.15, 0.2) is 10.9 Å². The van der Waals surface area contributed by atoms with Crippen LogP contribution in [-0.4, -0.2) is 72.3 Å². The summed E-state index contributed by atoms with van der Waals surface area (Å²) in [6.07, 6.45) is 2.89. The molecule has 2 aromatic heterocycles. The number of hydrogen-bond acceptors (Lipinski definition) is 9. The Bertz CT molecular complexity index is 1520. The molecule has 0 aliphatic carbocycles. The van der Waals surface area contributed by atoms with Crippen molar-refractivity contribution < 1.29 is 13.5 Å². The maximum atomic E-state index is 16.4. The van der Waals surface area contributed by atoms with Crippen LogP contribution in [0.3, 0.4) is 0 Å². The minimum Gasteiger partial charge on any atom is -0.463 e. The van der Waals surface area contributed by atoms with Gasteiger partial charge in [0.2, 0.25) is 0 Å². The molecule has 5 heterocycles. The minimum atomic E-state index is -0.630. The van der Waals surface area contributed by atoms with Crippen LogP contribution in [0.2, 0.25) is 5.02 Å². The molecule has 2 bridgehead atoms. The number of nitrogens with zero attached hydrogens (tertiary/aromatic N) is 5. The third kappa shape index (κ3) is 4.51. The number of rotatable bonds is 7. The normalized spacial score (nSPS) is 19.3. The van der Waals surface area contributed by atoms with Crippen molar-refractivity contribution >= 4 is 55.0 Å². The lowest BCUT2D eigenvalue weighted by atomic mass is 9.92. The van der Waals surface area contributed by atoms with Crippen LogP contribution in [0, 0.1) is 11.6 Å². The molecule has 200 valence electrons. The number of ether oxygens (including phenoxy) is 1. The number of halogens is 3. The first kappa shape index (κ1) is 25.4. The van der Waals surface area contributed by atoms with Crippen molar-refractivity contribution in [2.24, 2.45) is 0 Å². The summed E-state index contributed by atoms with van der Waals surface area (Å²) in [7, 11) is 3.99. The van der Waals surface area contributed by atoms with Crippen LogP contribution in [0.15, 0.2) is 18.2 Å². The third-order valence-corrected chi connectivity index (χ3v) is 8.42. The Balaban J connectivity index is 1.51. The predicted octanol–water partition coefficient (Wildman–Crippen LogP) is 4.69. The van der Waals surface area contributed by atoms with Crippen LogP contribution in [-0.2, 0) is 0 Å². The first-order chi connectivity index (χ1) is 18.3. The smallest absolute Gasteiger partial charge is 0.319 e. The molecule has 4 aromatic rings. The number of aromatic nitrogens is 3. The van der Waals surface area contributed by atoms with Crippen molar-refractivity contribution in [3.8, 4) is 17.1 Å². The van der Waals surface area contributed by atoms with Crippen LogP contribution < -0.4 is 20.7 Å². The Hall–Kier alpha value is -2.86. The zero-order chi connectivity index (χ0) is 26.6. The molecular weight excluding hydrogens is 532 g/mol. The van der Waals surface area contributed by atoms with E-state index in [0.717, 1.165) is 50.2 Å². The maximum absolute atomic E-state index is 16.4. The van der Waals surface area contributed by atoms with Gasteiger partial charge in [-0.05, 0) is 51.6 Å². The Morgan fingerprint density at radius 2 is 2.05 bits per heavy atom. The number of piperazine rings is 1. The first-order valence-electron chi connectivity index (χ1n) is 12.6. The van der Waals surface area contributed by atoms with E-state index in [1.807, 2.05) is 14.1 Å². The molecule has 3 saturated heterocycles. The molecule has 3 N–H and O–H groups in total. The Morgan fingerprint density at radius 3 is 2.76 bits per heavy atom. The Morgan fingerprint density at radius 1 is 1.21 bits per heavy atom. The Kier molecular flexibility index (Phi) is 6.71. The first-order valence-corrected chi connectivity index (χ1v) is 13.8. The van der Waals surface area contributed by atoms with Gasteiger partial charge in [-0.2, -0.15) is 9.97 Å². The Labute approximate surface area is 227 Å². The summed E-state index contributed by atoms with van der Waals surface area (Å²) in [6.45, 7) is 2.83. The summed E-state index contributed by atoms with van der Waals surface area (Å²) in [5, 5.41) is 4.41. The lowest BCUT2D eigenvalue weighted by Crippen LogP contribution is -2.61. The van der Waals surface area contributed by atoms with E-state index < -0.39 is 11.6 Å². The number of nitrogens with two attached hydrogens (primary N) is 1. The van der Waals surface area contributed by atoms with Crippen LogP contribution in [0.25, 0.3) is 32.2 Å². The summed E-state index contributed by atoms with van der Waals surface area (Å²) in [4.78, 5) is 17.8. The molecule has 3 aliphatic heterocycles. The van der Waals surface area contributed by atoms with E-state index in [1.165, 1.54) is 12.1 Å². The fourth-order valence-electron chi connectivity index (χ4n) is 5.40. The van der Waals surface area contributed by atoms with Crippen molar-refractivity contribution in [3.05, 3.63) is 34.9 Å². The SMILES string of the molecule is CN(C)CCCOc1nc(N2CC3CCC2CN3)c2cc(Cl)c(-c3ccc(F)c4sc(N)nc34)c(F)c2n1. The lowest BCUT2D eigenvalue weighted by Gasteiger charge is -2.46. The molecule has 2 unspecified atom stereocenters. The zero-order valence-electron chi connectivity index (χ0n) is 21.1. The van der Waals surface area contributed by atoms with Crippen LogP contribution >= 0.6 is 22.9 Å². The molecule has 12 heteroatoms. The minimum absolute atomic E-state index is 0.0968. The van der Waals surface area contributed by atoms with Gasteiger partial charge in [0.25, 0.3) is 0 Å². The average Bonchev–Trinajstić information content (AvgIpc) is 3.31. The van der Waals surface area contributed by atoms with Gasteiger partial charge in [-0.3, -0.25) is 0 Å². The molecule has 0 spiro atoms. The highest BCUT2D eigenvalue weighted by atomic mass is 35.5. The number of hydrogen-bond donors (Lipinski definition) is 2. The second-order valence-corrected chi connectivity index (χ2v) is 11.5. The molecule has 3 fully saturated rings. The van der Waals surface area contributed by atoms with Crippen molar-refractivity contribution in [2.75, 3.05) is 51.0 Å². The van der Waals surface area contributed by atoms with Gasteiger partial charge in [-0.25, -0.2) is 13.8 Å². The molecule has 7 rings (SSSR count). The summed E-state index contributed by atoms with van der Waals surface area (Å²) < 4.78 is 37.1. The number of thiazole rings is 1. The quantitative estimate of drug-likeness (QED) is 0.315. The van der Waals surface area contributed by atoms with Crippen molar-refractivity contribution in [1.29, 1.82) is 0 Å². The number of piperidine rings is 2. The van der Waals surface area contributed by atoms with E-state index in [0.29, 0.717) is 29.4 Å². The van der Waals surface area contributed by atoms with Crippen molar-refractivity contribution in [3.63, 3.8) is 0 Å². The number of benzene rings is 2. The summed E-state index contributed by atoms with van der Waals surface area (Å²) in [5.74, 6) is -0.487. The maximum Gasteiger partial charge on any atom is 0.319 e. The summed E-state index contributed by atoms with van der Waals surface area (Å²) >= 11 is 7.75. The van der Waals surface area contributed by atoms with E-state index in [1.54, 1.807) is 6.07 Å². The van der Waals surface area contributed by atoms with E-state index in [2.05, 4.69) is 25.1 Å². The van der Waals surface area contributed by atoms with Crippen LogP contribution in [0.1, 0.15) is 19.3 Å². The van der Waals surface area contributed by atoms with Gasteiger partial charge in [0.05, 0.1) is 21.8 Å². The van der Waals surface area contributed by atoms with E-state index in [-0.39, 0.29) is 43.5 Å². The molecule has 3 aliphatic rings. The number of nitrogen functional groups attached to an aromatic ring is 1. The van der Waals surface area contributed by atoms with Gasteiger partial charge in [0, 0.05) is 48.2 Å². The fraction of sp³-hybridized carbons (Fsp3) is 0.423. The van der Waals surface area contributed by atoms with E-state index in [4.69, 9.17) is 27.1 Å². The largest absolute Gasteiger partial charge is 0.463 e. The van der Waals surface area contributed by atoms with Gasteiger partial charge < -0.3 is 25.6 Å². The molecule has 0 radical (unpaired) electrons. The molecule has 38 heavy (non-hydrogen) atoms. The van der Waals surface area contributed by atoms with Crippen LogP contribution in [0.5, 0.6) is 6.01 Å². The van der Waals surface area contributed by atoms with Gasteiger partial charge in [0.1, 0.15) is 17.2 Å². The topological polar surface area (TPSA) is 92.4 Å². The van der Waals surface area contributed by atoms with Gasteiger partial charge in [-0.15, -0.1) is 0 Å². The zero-order valence-corrected chi connectivity index (χ0v) is 22.7. The molecular formula is C26H28ClF2N7OS. The average molecular weight is 560 g/mol. The highest BCUT2D eigenvalue weighted by Gasteiger charge is 2.36. The highest BCUT2D eigenvalue weighted by Crippen LogP contribution is 2.43. The second-order valence-electron chi connectivity index (χ2n) is 10.1. The van der Waals surface area contributed by atoms with Crippen molar-refractivity contribution in [2.45, 2.75) is 31.3 Å². The number of anilines is 2. The monoisotopic (exact) mass is 559 g/mol. The van der Waals surface area contributed by atoms with Crippen LogP contribution in [0.4, 0.5) is 19.7 Å². The van der Waals surface area contributed by atoms with E-state index in [9.17, 15) is 4.39 Å². The molecule has 8 nitrogen and oxygen atoms in total. The lowest BCUT2D eigenvalue weighted by molar-refractivity contribution is 0.262. The van der Waals surface area contributed by atoms with Crippen molar-refractivity contribution in [1.82, 2.24) is 25.2 Å². The van der Waals surface area contributed by atoms with Gasteiger partial charge in [-0.1, -0.05) is 22.9 Å².